The molecule has 0 bridgehead atoms. The number of ether oxygens (including phenoxy) is 1. The summed E-state index contributed by atoms with van der Waals surface area (Å²) in [7, 11) is 0. The van der Waals surface area contributed by atoms with Crippen molar-refractivity contribution in [2.24, 2.45) is 11.7 Å². The van der Waals surface area contributed by atoms with Crippen LogP contribution < -0.4 is 15.4 Å². The van der Waals surface area contributed by atoms with Gasteiger partial charge in [-0.3, -0.25) is 4.79 Å². The Balaban J connectivity index is 0.000000310. The molecule has 1 unspecified atom stereocenters. The van der Waals surface area contributed by atoms with Crippen molar-refractivity contribution in [2.75, 3.05) is 37.7 Å². The van der Waals surface area contributed by atoms with E-state index in [0.717, 1.165) is 19.4 Å². The number of nitrogens with two attached hydrogens (primary N) is 1. The highest BCUT2D eigenvalue weighted by Crippen LogP contribution is 2.38. The van der Waals surface area contributed by atoms with E-state index in [1.807, 2.05) is 0 Å². The minimum Gasteiger partial charge on any atom is -0.480 e. The molecule has 38 heavy (non-hydrogen) atoms. The van der Waals surface area contributed by atoms with Gasteiger partial charge in [0, 0.05) is 6.54 Å². The van der Waals surface area contributed by atoms with Crippen LogP contribution in [0.2, 0.25) is 0 Å². The Bertz CT molecular complexity index is 897. The third-order valence-electron chi connectivity index (χ3n) is 7.25. The summed E-state index contributed by atoms with van der Waals surface area (Å²) in [5.41, 5.74) is 5.90. The number of unbranched alkanes of at least 4 members (excludes halogenated alkanes) is 7. The average Bonchev–Trinajstić information content (AvgIpc) is 3.58. The fraction of sp³-hybridized carbons (Fsp3) is 0.750. The maximum atomic E-state index is 13.2. The second-order valence-corrected chi connectivity index (χ2v) is 10.7. The molecule has 10 heteroatoms. The van der Waals surface area contributed by atoms with Crippen LogP contribution in [-0.4, -0.2) is 71.6 Å². The lowest BCUT2D eigenvalue weighted by molar-refractivity contribution is -0.141. The number of nitrogens with zero attached hydrogens (tertiary/aromatic N) is 3. The maximum absolute atomic E-state index is 13.2. The van der Waals surface area contributed by atoms with Crippen LogP contribution in [0.25, 0.3) is 0 Å². The van der Waals surface area contributed by atoms with Crippen LogP contribution in [0, 0.1) is 5.92 Å². The molecular formula is C28H44F2N4O4. The largest absolute Gasteiger partial charge is 0.480 e. The molecule has 1 amide bonds. The predicted molar refractivity (Wildman–Crippen MR) is 143 cm³/mol. The van der Waals surface area contributed by atoms with Crippen LogP contribution in [-0.2, 0) is 4.79 Å². The number of carbonyl (C=O) groups is 2. The van der Waals surface area contributed by atoms with E-state index in [1.165, 1.54) is 67.2 Å². The molecule has 1 aromatic rings. The molecule has 2 saturated heterocycles. The van der Waals surface area contributed by atoms with E-state index < -0.39 is 36.9 Å². The van der Waals surface area contributed by atoms with Crippen LogP contribution in [0.5, 0.6) is 5.88 Å². The van der Waals surface area contributed by atoms with E-state index in [1.54, 1.807) is 6.07 Å². The smallest absolute Gasteiger partial charge is 0.326 e. The third kappa shape index (κ3) is 9.06. The number of aromatic nitrogens is 1. The van der Waals surface area contributed by atoms with E-state index in [0.29, 0.717) is 37.6 Å². The van der Waals surface area contributed by atoms with Gasteiger partial charge in [0.15, 0.2) is 0 Å². The quantitative estimate of drug-likeness (QED) is 0.317. The zero-order chi connectivity index (χ0) is 27.5. The lowest BCUT2D eigenvalue weighted by atomic mass is 10.1. The summed E-state index contributed by atoms with van der Waals surface area (Å²) in [5, 5.41) is 9.28. The van der Waals surface area contributed by atoms with Gasteiger partial charge in [0.1, 0.15) is 17.4 Å². The molecule has 3 N–H and O–H groups in total. The molecule has 214 valence electrons. The van der Waals surface area contributed by atoms with E-state index >= 15 is 0 Å². The number of anilines is 1. The molecule has 1 aliphatic carbocycles. The first kappa shape index (κ1) is 30.1. The number of carboxylic acids is 1. The molecule has 1 aromatic heterocycles. The van der Waals surface area contributed by atoms with Crippen LogP contribution in [0.15, 0.2) is 12.1 Å². The zero-order valence-corrected chi connectivity index (χ0v) is 22.7. The minimum absolute atomic E-state index is 0.0741. The first-order chi connectivity index (χ1) is 18.3. The van der Waals surface area contributed by atoms with Crippen LogP contribution >= 0.6 is 0 Å². The molecule has 1 atom stereocenters. The number of amides is 1. The number of rotatable bonds is 14. The maximum Gasteiger partial charge on any atom is 0.326 e. The number of carbonyl (C=O) groups excluding carboxylic acids is 1. The Morgan fingerprint density at radius 2 is 1.74 bits per heavy atom. The fourth-order valence-electron chi connectivity index (χ4n) is 4.75. The second kappa shape index (κ2) is 14.6. The Hall–Kier alpha value is -2.49. The number of likely N-dealkylation sites (tertiary alicyclic amines) is 1. The zero-order valence-electron chi connectivity index (χ0n) is 22.7. The summed E-state index contributed by atoms with van der Waals surface area (Å²) in [6.07, 6.45) is 14.1. The SMILES string of the molecule is CCCCCCCCCCN.O=C(O)C1CCCN1C(=O)c1ccc(N2CC(F)(F)C2)c(OCC2CC2)n1. The number of pyridine rings is 1. The summed E-state index contributed by atoms with van der Waals surface area (Å²) in [6, 6.07) is 2.16. The normalized spacial score (nSPS) is 19.9. The van der Waals surface area contributed by atoms with Crippen molar-refractivity contribution in [1.82, 2.24) is 9.88 Å². The standard InChI is InChI=1S/C18H21F2N3O4.C10H23N/c19-18(20)9-22(10-18)13-6-5-12(21-15(13)27-8-11-3-4-11)16(24)23-7-1-2-14(23)17(25)26;1-2-3-4-5-6-7-8-9-10-11/h5-6,11,14H,1-4,7-10H2,(H,25,26);2-11H2,1H3. The molecule has 4 rings (SSSR count). The van der Waals surface area contributed by atoms with Crippen LogP contribution in [0.4, 0.5) is 14.5 Å². The average molecular weight is 539 g/mol. The monoisotopic (exact) mass is 538 g/mol. The first-order valence-corrected chi connectivity index (χ1v) is 14.3. The number of hydrogen-bond donors (Lipinski definition) is 2. The molecule has 8 nitrogen and oxygen atoms in total. The molecule has 0 spiro atoms. The number of carboxylic acid groups (broad SMARTS) is 1. The Kier molecular flexibility index (Phi) is 11.6. The van der Waals surface area contributed by atoms with Gasteiger partial charge >= 0.3 is 5.97 Å². The number of aliphatic carboxylic acids is 1. The van der Waals surface area contributed by atoms with Gasteiger partial charge in [-0.05, 0) is 56.7 Å². The first-order valence-electron chi connectivity index (χ1n) is 14.3. The van der Waals surface area contributed by atoms with Crippen molar-refractivity contribution < 1.29 is 28.2 Å². The molecule has 0 radical (unpaired) electrons. The van der Waals surface area contributed by atoms with Crippen molar-refractivity contribution in [3.8, 4) is 5.88 Å². The van der Waals surface area contributed by atoms with Crippen molar-refractivity contribution >= 4 is 17.6 Å². The highest BCUT2D eigenvalue weighted by Gasteiger charge is 2.45. The lowest BCUT2D eigenvalue weighted by Crippen LogP contribution is -2.56. The summed E-state index contributed by atoms with van der Waals surface area (Å²) in [5.74, 6) is -3.64. The summed E-state index contributed by atoms with van der Waals surface area (Å²) in [6.45, 7) is 3.10. The van der Waals surface area contributed by atoms with Gasteiger partial charge in [-0.2, -0.15) is 0 Å². The Morgan fingerprint density at radius 1 is 1.08 bits per heavy atom. The molecule has 3 aliphatic rings. The lowest BCUT2D eigenvalue weighted by Gasteiger charge is -2.40. The van der Waals surface area contributed by atoms with E-state index in [4.69, 9.17) is 10.5 Å². The summed E-state index contributed by atoms with van der Waals surface area (Å²) >= 11 is 0. The Labute approximate surface area is 224 Å². The second-order valence-electron chi connectivity index (χ2n) is 10.7. The van der Waals surface area contributed by atoms with Gasteiger partial charge in [0.2, 0.25) is 5.88 Å². The molecule has 0 aromatic carbocycles. The minimum atomic E-state index is -2.73. The fourth-order valence-corrected chi connectivity index (χ4v) is 4.75. The third-order valence-corrected chi connectivity index (χ3v) is 7.25. The van der Waals surface area contributed by atoms with Gasteiger partial charge in [-0.1, -0.05) is 51.9 Å². The van der Waals surface area contributed by atoms with E-state index in [2.05, 4.69) is 11.9 Å². The predicted octanol–water partition coefficient (Wildman–Crippen LogP) is 5.10. The molecule has 3 heterocycles. The van der Waals surface area contributed by atoms with Gasteiger partial charge in [-0.15, -0.1) is 0 Å². The van der Waals surface area contributed by atoms with E-state index in [-0.39, 0.29) is 11.6 Å². The highest BCUT2D eigenvalue weighted by molar-refractivity contribution is 5.95. The van der Waals surface area contributed by atoms with Gasteiger partial charge in [0.25, 0.3) is 11.8 Å². The topological polar surface area (TPSA) is 109 Å². The highest BCUT2D eigenvalue weighted by atomic mass is 19.3. The van der Waals surface area contributed by atoms with Crippen molar-refractivity contribution in [3.63, 3.8) is 0 Å². The Morgan fingerprint density at radius 3 is 2.32 bits per heavy atom. The van der Waals surface area contributed by atoms with Gasteiger partial charge < -0.3 is 25.4 Å². The molecule has 3 fully saturated rings. The molecular weight excluding hydrogens is 494 g/mol. The van der Waals surface area contributed by atoms with E-state index in [9.17, 15) is 23.5 Å². The summed E-state index contributed by atoms with van der Waals surface area (Å²) < 4.78 is 32.2. The molecule has 2 aliphatic heterocycles. The number of alkyl halides is 2. The van der Waals surface area contributed by atoms with Crippen LogP contribution in [0.3, 0.4) is 0 Å². The van der Waals surface area contributed by atoms with Crippen molar-refractivity contribution in [3.05, 3.63) is 17.8 Å². The van der Waals surface area contributed by atoms with Crippen molar-refractivity contribution in [1.29, 1.82) is 0 Å². The van der Waals surface area contributed by atoms with Crippen LogP contribution in [0.1, 0.15) is 94.5 Å². The van der Waals surface area contributed by atoms with Gasteiger partial charge in [-0.25, -0.2) is 18.6 Å². The molecule has 1 saturated carbocycles. The van der Waals surface area contributed by atoms with Crippen molar-refractivity contribution in [2.45, 2.75) is 95.9 Å². The summed E-state index contributed by atoms with van der Waals surface area (Å²) in [4.78, 5) is 31.1. The van der Waals surface area contributed by atoms with Gasteiger partial charge in [0.05, 0.1) is 19.7 Å². The number of hydrogen-bond acceptors (Lipinski definition) is 6. The number of halogens is 2.